The summed E-state index contributed by atoms with van der Waals surface area (Å²) in [6.45, 7) is 9.61. The average Bonchev–Trinajstić information content (AvgIpc) is 2.16. The van der Waals surface area contributed by atoms with Gasteiger partial charge in [0.25, 0.3) is 0 Å². The third kappa shape index (κ3) is 2.72. The van der Waals surface area contributed by atoms with E-state index in [1.807, 2.05) is 0 Å². The molecule has 0 aliphatic heterocycles. The topological polar surface area (TPSA) is 0 Å². The zero-order chi connectivity index (χ0) is 9.84. The molecule has 1 aliphatic rings. The first kappa shape index (κ1) is 11.1. The van der Waals surface area contributed by atoms with Crippen LogP contribution >= 0.6 is 0 Å². The molecule has 0 spiro atoms. The number of hydrogen-bond acceptors (Lipinski definition) is 0. The zero-order valence-corrected chi connectivity index (χ0v) is 9.84. The molecule has 0 aromatic rings. The highest BCUT2D eigenvalue weighted by molar-refractivity contribution is 4.80. The second kappa shape index (κ2) is 5.02. The molecular formula is C13H26. The minimum Gasteiger partial charge on any atom is -0.0651 e. The molecule has 0 aromatic carbocycles. The van der Waals surface area contributed by atoms with E-state index in [1.54, 1.807) is 0 Å². The van der Waals surface area contributed by atoms with Crippen LogP contribution in [0.25, 0.3) is 0 Å². The highest BCUT2D eigenvalue weighted by Crippen LogP contribution is 2.40. The van der Waals surface area contributed by atoms with Gasteiger partial charge in [0, 0.05) is 0 Å². The van der Waals surface area contributed by atoms with Gasteiger partial charge >= 0.3 is 0 Å². The first-order valence-corrected chi connectivity index (χ1v) is 6.16. The molecule has 0 heteroatoms. The Bertz CT molecular complexity index is 137. The highest BCUT2D eigenvalue weighted by Gasteiger charge is 2.30. The lowest BCUT2D eigenvalue weighted by Crippen LogP contribution is -2.28. The summed E-state index contributed by atoms with van der Waals surface area (Å²) in [4.78, 5) is 0. The zero-order valence-electron chi connectivity index (χ0n) is 9.84. The van der Waals surface area contributed by atoms with Crippen molar-refractivity contribution < 1.29 is 0 Å². The molecule has 1 saturated carbocycles. The first-order chi connectivity index (χ1) is 6.16. The fourth-order valence-electron chi connectivity index (χ4n) is 3.03. The molecule has 1 rings (SSSR count). The second-order valence-electron chi connectivity index (χ2n) is 5.24. The largest absolute Gasteiger partial charge is 0.0651 e. The lowest BCUT2D eigenvalue weighted by atomic mass is 9.68. The SMILES string of the molecule is CCC(C)C1CCCCC1C(C)C. The monoisotopic (exact) mass is 182 g/mol. The Kier molecular flexibility index (Phi) is 4.28. The van der Waals surface area contributed by atoms with Crippen LogP contribution in [0.5, 0.6) is 0 Å². The van der Waals surface area contributed by atoms with Crippen molar-refractivity contribution in [2.75, 3.05) is 0 Å². The van der Waals surface area contributed by atoms with Crippen molar-refractivity contribution >= 4 is 0 Å². The Hall–Kier alpha value is 0. The van der Waals surface area contributed by atoms with Crippen LogP contribution in [-0.4, -0.2) is 0 Å². The van der Waals surface area contributed by atoms with Crippen LogP contribution in [-0.2, 0) is 0 Å². The van der Waals surface area contributed by atoms with E-state index in [9.17, 15) is 0 Å². The molecule has 1 fully saturated rings. The van der Waals surface area contributed by atoms with Crippen LogP contribution < -0.4 is 0 Å². The number of rotatable bonds is 3. The van der Waals surface area contributed by atoms with Gasteiger partial charge in [0.1, 0.15) is 0 Å². The normalized spacial score (nSPS) is 32.1. The molecule has 0 N–H and O–H groups in total. The maximum absolute atomic E-state index is 2.45. The molecule has 3 atom stereocenters. The van der Waals surface area contributed by atoms with Gasteiger partial charge in [0.05, 0.1) is 0 Å². The molecular weight excluding hydrogens is 156 g/mol. The summed E-state index contributed by atoms with van der Waals surface area (Å²) in [7, 11) is 0. The van der Waals surface area contributed by atoms with Crippen molar-refractivity contribution in [3.63, 3.8) is 0 Å². The van der Waals surface area contributed by atoms with Crippen molar-refractivity contribution in [1.82, 2.24) is 0 Å². The van der Waals surface area contributed by atoms with Crippen LogP contribution in [0.3, 0.4) is 0 Å². The fraction of sp³-hybridized carbons (Fsp3) is 1.00. The Labute approximate surface area is 84.1 Å². The summed E-state index contributed by atoms with van der Waals surface area (Å²) >= 11 is 0. The van der Waals surface area contributed by atoms with E-state index in [-0.39, 0.29) is 0 Å². The predicted molar refractivity (Wildman–Crippen MR) is 59.7 cm³/mol. The Morgan fingerprint density at radius 2 is 1.54 bits per heavy atom. The van der Waals surface area contributed by atoms with Gasteiger partial charge in [0.2, 0.25) is 0 Å². The van der Waals surface area contributed by atoms with Crippen molar-refractivity contribution in [2.24, 2.45) is 23.7 Å². The Morgan fingerprint density at radius 3 is 2.00 bits per heavy atom. The standard InChI is InChI=1S/C13H26/c1-5-11(4)13-9-7-6-8-12(13)10(2)3/h10-13H,5-9H2,1-4H3. The van der Waals surface area contributed by atoms with Crippen LogP contribution in [0.15, 0.2) is 0 Å². The molecule has 13 heavy (non-hydrogen) atoms. The van der Waals surface area contributed by atoms with Crippen molar-refractivity contribution in [3.05, 3.63) is 0 Å². The Morgan fingerprint density at radius 1 is 1.00 bits per heavy atom. The molecule has 1 aliphatic carbocycles. The molecule has 0 saturated heterocycles. The fourth-order valence-corrected chi connectivity index (χ4v) is 3.03. The maximum atomic E-state index is 2.45. The summed E-state index contributed by atoms with van der Waals surface area (Å²) in [6, 6.07) is 0. The second-order valence-corrected chi connectivity index (χ2v) is 5.24. The Balaban J connectivity index is 2.56. The van der Waals surface area contributed by atoms with Gasteiger partial charge in [0.15, 0.2) is 0 Å². The summed E-state index contributed by atoms with van der Waals surface area (Å²) in [5.41, 5.74) is 0. The van der Waals surface area contributed by atoms with Gasteiger partial charge in [-0.1, -0.05) is 47.0 Å². The van der Waals surface area contributed by atoms with Crippen molar-refractivity contribution in [1.29, 1.82) is 0 Å². The quantitative estimate of drug-likeness (QED) is 0.603. The van der Waals surface area contributed by atoms with Crippen molar-refractivity contribution in [2.45, 2.75) is 59.8 Å². The molecule has 0 radical (unpaired) electrons. The molecule has 0 heterocycles. The first-order valence-electron chi connectivity index (χ1n) is 6.16. The molecule has 0 nitrogen and oxygen atoms in total. The third-order valence-corrected chi connectivity index (χ3v) is 4.11. The highest BCUT2D eigenvalue weighted by atomic mass is 14.4. The van der Waals surface area contributed by atoms with E-state index < -0.39 is 0 Å². The van der Waals surface area contributed by atoms with E-state index in [0.717, 1.165) is 23.7 Å². The summed E-state index contributed by atoms with van der Waals surface area (Å²) in [5, 5.41) is 0. The maximum Gasteiger partial charge on any atom is -0.0358 e. The minimum atomic E-state index is 0.902. The molecule has 78 valence electrons. The van der Waals surface area contributed by atoms with Crippen LogP contribution in [0, 0.1) is 23.7 Å². The predicted octanol–water partition coefficient (Wildman–Crippen LogP) is 4.49. The van der Waals surface area contributed by atoms with Gasteiger partial charge in [-0.15, -0.1) is 0 Å². The van der Waals surface area contributed by atoms with E-state index in [4.69, 9.17) is 0 Å². The smallest absolute Gasteiger partial charge is 0.0358 e. The van der Waals surface area contributed by atoms with Gasteiger partial charge in [-0.25, -0.2) is 0 Å². The molecule has 0 aromatic heterocycles. The van der Waals surface area contributed by atoms with Gasteiger partial charge in [-0.05, 0) is 36.5 Å². The van der Waals surface area contributed by atoms with Crippen LogP contribution in [0.2, 0.25) is 0 Å². The molecule has 3 unspecified atom stereocenters. The lowest BCUT2D eigenvalue weighted by Gasteiger charge is -2.38. The number of hydrogen-bond donors (Lipinski definition) is 0. The average molecular weight is 182 g/mol. The van der Waals surface area contributed by atoms with Crippen LogP contribution in [0.1, 0.15) is 59.8 Å². The third-order valence-electron chi connectivity index (χ3n) is 4.11. The molecule has 0 amide bonds. The van der Waals surface area contributed by atoms with Gasteiger partial charge in [-0.2, -0.15) is 0 Å². The molecule has 0 bridgehead atoms. The van der Waals surface area contributed by atoms with Gasteiger partial charge < -0.3 is 0 Å². The van der Waals surface area contributed by atoms with Crippen LogP contribution in [0.4, 0.5) is 0 Å². The summed E-state index contributed by atoms with van der Waals surface area (Å²) < 4.78 is 0. The van der Waals surface area contributed by atoms with E-state index in [1.165, 1.54) is 32.1 Å². The van der Waals surface area contributed by atoms with Crippen molar-refractivity contribution in [3.8, 4) is 0 Å². The summed E-state index contributed by atoms with van der Waals surface area (Å²) in [6.07, 6.45) is 7.33. The van der Waals surface area contributed by atoms with E-state index >= 15 is 0 Å². The van der Waals surface area contributed by atoms with E-state index in [0.29, 0.717) is 0 Å². The minimum absolute atomic E-state index is 0.902. The van der Waals surface area contributed by atoms with E-state index in [2.05, 4.69) is 27.7 Å². The lowest BCUT2D eigenvalue weighted by molar-refractivity contribution is 0.126. The summed E-state index contributed by atoms with van der Waals surface area (Å²) in [5.74, 6) is 3.90. The van der Waals surface area contributed by atoms with Gasteiger partial charge in [-0.3, -0.25) is 0 Å².